The van der Waals surface area contributed by atoms with Crippen LogP contribution >= 0.6 is 11.8 Å². The Morgan fingerprint density at radius 3 is 3.00 bits per heavy atom. The van der Waals surface area contributed by atoms with Crippen LogP contribution in [-0.2, 0) is 4.79 Å². The van der Waals surface area contributed by atoms with Crippen LogP contribution in [0.5, 0.6) is 0 Å². The third-order valence-corrected chi connectivity index (χ3v) is 4.34. The van der Waals surface area contributed by atoms with Crippen molar-refractivity contribution in [3.8, 4) is 0 Å². The summed E-state index contributed by atoms with van der Waals surface area (Å²) in [6.45, 7) is 2.98. The lowest BCUT2D eigenvalue weighted by Crippen LogP contribution is -2.41. The van der Waals surface area contributed by atoms with Gasteiger partial charge in [-0.1, -0.05) is 6.92 Å². The van der Waals surface area contributed by atoms with Crippen LogP contribution in [0.1, 0.15) is 26.2 Å². The summed E-state index contributed by atoms with van der Waals surface area (Å²) in [6, 6.07) is 0.548. The van der Waals surface area contributed by atoms with Crippen molar-refractivity contribution < 1.29 is 9.90 Å². The van der Waals surface area contributed by atoms with E-state index in [4.69, 9.17) is 0 Å². The Labute approximate surface area is 108 Å². The molecule has 17 heavy (non-hydrogen) atoms. The lowest BCUT2D eigenvalue weighted by Gasteiger charge is -2.22. The molecule has 5 heteroatoms. The van der Waals surface area contributed by atoms with E-state index in [-0.39, 0.29) is 12.0 Å². The van der Waals surface area contributed by atoms with Gasteiger partial charge in [0.2, 0.25) is 5.91 Å². The first-order valence-corrected chi connectivity index (χ1v) is 7.51. The Hall–Kier alpha value is -0.260. The van der Waals surface area contributed by atoms with Gasteiger partial charge in [0, 0.05) is 18.3 Å². The molecular formula is C12H24N2O2S. The van der Waals surface area contributed by atoms with Gasteiger partial charge >= 0.3 is 0 Å². The molecular weight excluding hydrogens is 236 g/mol. The van der Waals surface area contributed by atoms with E-state index in [1.165, 1.54) is 12.2 Å². The summed E-state index contributed by atoms with van der Waals surface area (Å²) in [5, 5.41) is 12.2. The number of hydrogen-bond acceptors (Lipinski definition) is 4. The molecule has 0 aromatic heterocycles. The minimum atomic E-state index is -0.292. The zero-order chi connectivity index (χ0) is 12.7. The van der Waals surface area contributed by atoms with E-state index in [1.807, 2.05) is 25.7 Å². The average Bonchev–Trinajstić information content (AvgIpc) is 2.82. The van der Waals surface area contributed by atoms with E-state index in [2.05, 4.69) is 10.2 Å². The summed E-state index contributed by atoms with van der Waals surface area (Å²) < 4.78 is 0. The van der Waals surface area contributed by atoms with E-state index in [0.717, 1.165) is 12.2 Å². The van der Waals surface area contributed by atoms with Crippen LogP contribution in [0.15, 0.2) is 0 Å². The average molecular weight is 260 g/mol. The van der Waals surface area contributed by atoms with Crippen LogP contribution in [-0.4, -0.2) is 59.7 Å². The van der Waals surface area contributed by atoms with Gasteiger partial charge in [0.05, 0.1) is 12.6 Å². The number of likely N-dealkylation sites (N-methyl/N-ethyl adjacent to an activating group) is 1. The number of carbonyl (C=O) groups is 1. The van der Waals surface area contributed by atoms with E-state index in [9.17, 15) is 9.90 Å². The molecule has 0 aliphatic carbocycles. The number of amides is 1. The number of nitrogens with one attached hydrogen (secondary N) is 1. The Kier molecular flexibility index (Phi) is 6.92. The molecule has 0 aromatic carbocycles. The molecule has 100 valence electrons. The maximum Gasteiger partial charge on any atom is 0.234 e. The lowest BCUT2D eigenvalue weighted by atomic mass is 10.2. The molecule has 0 spiro atoms. The molecule has 1 rings (SSSR count). The van der Waals surface area contributed by atoms with Crippen molar-refractivity contribution in [2.45, 2.75) is 38.3 Å². The monoisotopic (exact) mass is 260 g/mol. The number of carbonyl (C=O) groups excluding carboxylic acids is 1. The Balaban J connectivity index is 2.11. The first kappa shape index (κ1) is 14.8. The van der Waals surface area contributed by atoms with Crippen LogP contribution in [0, 0.1) is 0 Å². The van der Waals surface area contributed by atoms with Gasteiger partial charge in [-0.3, -0.25) is 9.69 Å². The number of hydrogen-bond donors (Lipinski definition) is 2. The van der Waals surface area contributed by atoms with Crippen LogP contribution in [0.4, 0.5) is 0 Å². The topological polar surface area (TPSA) is 52.6 Å². The standard InChI is InChI=1S/C12H24N2O2S/c1-3-11(15)4-6-13-12(16)8-14(2)10-5-7-17-9-10/h10-11,15H,3-9H2,1-2H3,(H,13,16). The zero-order valence-corrected chi connectivity index (χ0v) is 11.6. The van der Waals surface area contributed by atoms with Gasteiger partial charge < -0.3 is 10.4 Å². The first-order valence-electron chi connectivity index (χ1n) is 6.36. The highest BCUT2D eigenvalue weighted by Gasteiger charge is 2.21. The predicted molar refractivity (Wildman–Crippen MR) is 72.3 cm³/mol. The number of nitrogens with zero attached hydrogens (tertiary/aromatic N) is 1. The van der Waals surface area contributed by atoms with Crippen LogP contribution in [0.25, 0.3) is 0 Å². The fourth-order valence-corrected chi connectivity index (χ4v) is 3.16. The van der Waals surface area contributed by atoms with Crippen LogP contribution < -0.4 is 5.32 Å². The normalized spacial score (nSPS) is 21.8. The maximum absolute atomic E-state index is 11.6. The third-order valence-electron chi connectivity index (χ3n) is 3.19. The van der Waals surface area contributed by atoms with Crippen molar-refractivity contribution in [2.24, 2.45) is 0 Å². The van der Waals surface area contributed by atoms with E-state index < -0.39 is 0 Å². The van der Waals surface area contributed by atoms with Gasteiger partial charge in [-0.25, -0.2) is 0 Å². The summed E-state index contributed by atoms with van der Waals surface area (Å²) in [4.78, 5) is 13.8. The Bertz CT molecular complexity index is 233. The molecule has 0 saturated carbocycles. The van der Waals surface area contributed by atoms with E-state index in [1.54, 1.807) is 0 Å². The molecule has 1 saturated heterocycles. The number of aliphatic hydroxyl groups excluding tert-OH is 1. The first-order chi connectivity index (χ1) is 8.13. The van der Waals surface area contributed by atoms with Gasteiger partial charge in [-0.2, -0.15) is 11.8 Å². The highest BCUT2D eigenvalue weighted by Crippen LogP contribution is 2.20. The molecule has 1 heterocycles. The van der Waals surface area contributed by atoms with Gasteiger partial charge in [0.15, 0.2) is 0 Å². The minimum absolute atomic E-state index is 0.0627. The second-order valence-corrected chi connectivity index (χ2v) is 5.78. The van der Waals surface area contributed by atoms with Gasteiger partial charge in [-0.05, 0) is 32.1 Å². The molecule has 0 aromatic rings. The predicted octanol–water partition coefficient (Wildman–Crippen LogP) is 0.701. The molecule has 1 amide bonds. The number of rotatable bonds is 7. The van der Waals surface area contributed by atoms with Crippen molar-refractivity contribution in [2.75, 3.05) is 31.6 Å². The molecule has 1 aliphatic rings. The Morgan fingerprint density at radius 2 is 2.41 bits per heavy atom. The summed E-state index contributed by atoms with van der Waals surface area (Å²) in [5.74, 6) is 2.41. The summed E-state index contributed by atoms with van der Waals surface area (Å²) in [5.41, 5.74) is 0. The highest BCUT2D eigenvalue weighted by molar-refractivity contribution is 7.99. The van der Waals surface area contributed by atoms with Crippen molar-refractivity contribution in [1.29, 1.82) is 0 Å². The van der Waals surface area contributed by atoms with Crippen molar-refractivity contribution in [1.82, 2.24) is 10.2 Å². The molecule has 4 nitrogen and oxygen atoms in total. The van der Waals surface area contributed by atoms with Gasteiger partial charge in [0.1, 0.15) is 0 Å². The molecule has 2 N–H and O–H groups in total. The molecule has 0 radical (unpaired) electrons. The smallest absolute Gasteiger partial charge is 0.234 e. The van der Waals surface area contributed by atoms with Crippen molar-refractivity contribution in [3.63, 3.8) is 0 Å². The van der Waals surface area contributed by atoms with Gasteiger partial charge in [-0.15, -0.1) is 0 Å². The fraction of sp³-hybridized carbons (Fsp3) is 0.917. The minimum Gasteiger partial charge on any atom is -0.393 e. The maximum atomic E-state index is 11.6. The van der Waals surface area contributed by atoms with Crippen LogP contribution in [0.2, 0.25) is 0 Å². The summed E-state index contributed by atoms with van der Waals surface area (Å²) in [6.07, 6.45) is 2.28. The van der Waals surface area contributed by atoms with Gasteiger partial charge in [0.25, 0.3) is 0 Å². The summed E-state index contributed by atoms with van der Waals surface area (Å²) >= 11 is 1.96. The second-order valence-electron chi connectivity index (χ2n) is 4.63. The fourth-order valence-electron chi connectivity index (χ4n) is 1.86. The zero-order valence-electron chi connectivity index (χ0n) is 10.8. The molecule has 2 atom stereocenters. The molecule has 1 aliphatic heterocycles. The number of aliphatic hydroxyl groups is 1. The molecule has 0 bridgehead atoms. The molecule has 1 fully saturated rings. The Morgan fingerprint density at radius 1 is 1.65 bits per heavy atom. The SMILES string of the molecule is CCC(O)CCNC(=O)CN(C)C1CCSC1. The second kappa shape index (κ2) is 7.95. The largest absolute Gasteiger partial charge is 0.393 e. The van der Waals surface area contributed by atoms with E-state index in [0.29, 0.717) is 25.6 Å². The van der Waals surface area contributed by atoms with E-state index >= 15 is 0 Å². The van der Waals surface area contributed by atoms with Crippen molar-refractivity contribution in [3.05, 3.63) is 0 Å². The third kappa shape index (κ3) is 5.75. The summed E-state index contributed by atoms with van der Waals surface area (Å²) in [7, 11) is 2.01. The number of thioether (sulfide) groups is 1. The highest BCUT2D eigenvalue weighted by atomic mass is 32.2. The molecule has 2 unspecified atom stereocenters. The van der Waals surface area contributed by atoms with Crippen molar-refractivity contribution >= 4 is 17.7 Å². The van der Waals surface area contributed by atoms with Crippen LogP contribution in [0.3, 0.4) is 0 Å². The quantitative estimate of drug-likeness (QED) is 0.707. The lowest BCUT2D eigenvalue weighted by molar-refractivity contribution is -0.122.